The molecule has 4 saturated carbocycles. The van der Waals surface area contributed by atoms with Crippen LogP contribution in [0.3, 0.4) is 0 Å². The highest BCUT2D eigenvalue weighted by atomic mass is 32.2. The van der Waals surface area contributed by atoms with Gasteiger partial charge in [-0.25, -0.2) is 0 Å². The molecular weight excluding hydrogens is 437 g/mol. The molecule has 180 valence electrons. The Hall–Kier alpha value is -0.870. The lowest BCUT2D eigenvalue weighted by Gasteiger charge is -2.60. The fraction of sp³-hybridized carbons (Fsp3) is 0.952. The van der Waals surface area contributed by atoms with E-state index >= 15 is 0 Å². The molecule has 0 saturated heterocycles. The largest absolute Gasteiger partial charge is 0.451 e. The molecule has 10 heteroatoms. The van der Waals surface area contributed by atoms with Gasteiger partial charge in [-0.1, -0.05) is 20.8 Å². The molecule has 4 aliphatic carbocycles. The fourth-order valence-corrected chi connectivity index (χ4v) is 6.65. The molecule has 0 aromatic rings. The molecule has 0 amide bonds. The van der Waals surface area contributed by atoms with Crippen LogP contribution in [0, 0.1) is 22.7 Å². The molecule has 31 heavy (non-hydrogen) atoms. The molecule has 4 aliphatic rings. The maximum absolute atomic E-state index is 13.3. The SMILES string of the molecule is CCC(C)(CC)COC12CC3CC(C1)CC(C(=O)OC(CS(=O)(=O)O)C(F)(F)F)(C3)C2. The van der Waals surface area contributed by atoms with Gasteiger partial charge < -0.3 is 9.47 Å². The first-order valence-electron chi connectivity index (χ1n) is 11.0. The van der Waals surface area contributed by atoms with Gasteiger partial charge in [0.25, 0.3) is 10.1 Å². The van der Waals surface area contributed by atoms with E-state index in [0.29, 0.717) is 25.9 Å². The number of alkyl halides is 3. The van der Waals surface area contributed by atoms with Gasteiger partial charge in [0, 0.05) is 0 Å². The first-order valence-corrected chi connectivity index (χ1v) is 12.6. The predicted molar refractivity (Wildman–Crippen MR) is 107 cm³/mol. The average molecular weight is 471 g/mol. The topological polar surface area (TPSA) is 89.9 Å². The van der Waals surface area contributed by atoms with E-state index in [4.69, 9.17) is 14.0 Å². The summed E-state index contributed by atoms with van der Waals surface area (Å²) in [7, 11) is -4.97. The van der Waals surface area contributed by atoms with Crippen molar-refractivity contribution < 1.29 is 40.4 Å². The van der Waals surface area contributed by atoms with Crippen molar-refractivity contribution in [3.8, 4) is 0 Å². The predicted octanol–water partition coefficient (Wildman–Crippen LogP) is 4.53. The standard InChI is InChI=1S/C21H33F3O6S/c1-4-18(3,5-2)13-29-20-9-14-6-15(10-20)8-19(7-14,12-20)17(25)30-16(21(22,23)24)11-31(26,27)28/h14-16H,4-13H2,1-3H3,(H,26,27,28). The Morgan fingerprint density at radius 3 is 2.13 bits per heavy atom. The quantitative estimate of drug-likeness (QED) is 0.393. The van der Waals surface area contributed by atoms with Crippen molar-refractivity contribution in [2.45, 2.75) is 90.0 Å². The summed E-state index contributed by atoms with van der Waals surface area (Å²) in [5.41, 5.74) is -1.65. The molecule has 3 atom stereocenters. The fourth-order valence-electron chi connectivity index (χ4n) is 6.01. The van der Waals surface area contributed by atoms with E-state index < -0.39 is 45.1 Å². The zero-order valence-electron chi connectivity index (χ0n) is 18.3. The second-order valence-electron chi connectivity index (χ2n) is 10.4. The molecule has 4 rings (SSSR count). The Labute approximate surface area is 182 Å². The average Bonchev–Trinajstić information content (AvgIpc) is 2.63. The Bertz CT molecular complexity index is 775. The van der Waals surface area contributed by atoms with Crippen LogP contribution >= 0.6 is 0 Å². The number of carbonyl (C=O) groups is 1. The van der Waals surface area contributed by atoms with Gasteiger partial charge in [0.05, 0.1) is 17.6 Å². The van der Waals surface area contributed by atoms with E-state index in [9.17, 15) is 26.4 Å². The van der Waals surface area contributed by atoms with Gasteiger partial charge in [-0.2, -0.15) is 21.6 Å². The Balaban J connectivity index is 1.80. The number of carbonyl (C=O) groups excluding carboxylic acids is 1. The monoisotopic (exact) mass is 470 g/mol. The summed E-state index contributed by atoms with van der Waals surface area (Å²) in [5, 5.41) is 0. The number of esters is 1. The lowest BCUT2D eigenvalue weighted by Crippen LogP contribution is -2.60. The van der Waals surface area contributed by atoms with Gasteiger partial charge in [-0.3, -0.25) is 9.35 Å². The lowest BCUT2D eigenvalue weighted by molar-refractivity contribution is -0.241. The van der Waals surface area contributed by atoms with Gasteiger partial charge in [0.1, 0.15) is 5.75 Å². The van der Waals surface area contributed by atoms with Crippen LogP contribution in [0.5, 0.6) is 0 Å². The van der Waals surface area contributed by atoms with Crippen LogP contribution < -0.4 is 0 Å². The highest BCUT2D eigenvalue weighted by molar-refractivity contribution is 7.85. The minimum absolute atomic E-state index is 0.00608. The summed E-state index contributed by atoms with van der Waals surface area (Å²) in [4.78, 5) is 13.0. The molecule has 0 aliphatic heterocycles. The zero-order valence-corrected chi connectivity index (χ0v) is 19.2. The number of rotatable bonds is 9. The third-order valence-electron chi connectivity index (χ3n) is 7.85. The summed E-state index contributed by atoms with van der Waals surface area (Å²) in [6, 6.07) is 0. The van der Waals surface area contributed by atoms with E-state index in [0.717, 1.165) is 32.1 Å². The van der Waals surface area contributed by atoms with Gasteiger partial charge >= 0.3 is 12.1 Å². The van der Waals surface area contributed by atoms with Crippen molar-refractivity contribution in [1.29, 1.82) is 0 Å². The van der Waals surface area contributed by atoms with Crippen molar-refractivity contribution >= 4 is 16.1 Å². The van der Waals surface area contributed by atoms with E-state index in [-0.39, 0.29) is 17.3 Å². The maximum Gasteiger partial charge on any atom is 0.426 e. The van der Waals surface area contributed by atoms with E-state index in [2.05, 4.69) is 20.8 Å². The molecule has 6 nitrogen and oxygen atoms in total. The molecule has 4 fully saturated rings. The molecule has 0 aromatic carbocycles. The van der Waals surface area contributed by atoms with E-state index in [1.54, 1.807) is 0 Å². The molecule has 3 unspecified atom stereocenters. The number of hydrogen-bond donors (Lipinski definition) is 1. The summed E-state index contributed by atoms with van der Waals surface area (Å²) in [6.07, 6.45) is -2.45. The summed E-state index contributed by atoms with van der Waals surface area (Å²) < 4.78 is 82.1. The Kier molecular flexibility index (Phi) is 6.52. The molecule has 0 aromatic heterocycles. The minimum atomic E-state index is -5.09. The molecule has 0 spiro atoms. The van der Waals surface area contributed by atoms with E-state index in [1.807, 2.05) is 0 Å². The summed E-state index contributed by atoms with van der Waals surface area (Å²) in [5.74, 6) is -2.37. The zero-order chi connectivity index (χ0) is 23.3. The third-order valence-corrected chi connectivity index (χ3v) is 8.57. The molecule has 0 radical (unpaired) electrons. The second-order valence-corrected chi connectivity index (χ2v) is 11.9. The highest BCUT2D eigenvalue weighted by Crippen LogP contribution is 2.63. The van der Waals surface area contributed by atoms with Gasteiger partial charge in [-0.05, 0) is 68.6 Å². The lowest BCUT2D eigenvalue weighted by atomic mass is 9.48. The Morgan fingerprint density at radius 1 is 1.13 bits per heavy atom. The van der Waals surface area contributed by atoms with Crippen LogP contribution in [0.15, 0.2) is 0 Å². The molecule has 4 bridgehead atoms. The Morgan fingerprint density at radius 2 is 1.68 bits per heavy atom. The number of halogens is 3. The number of ether oxygens (including phenoxy) is 2. The van der Waals surface area contributed by atoms with Crippen molar-refractivity contribution in [2.75, 3.05) is 12.4 Å². The van der Waals surface area contributed by atoms with Crippen LogP contribution in [-0.4, -0.2) is 49.2 Å². The van der Waals surface area contributed by atoms with Gasteiger partial charge in [0.2, 0.25) is 6.10 Å². The van der Waals surface area contributed by atoms with Crippen molar-refractivity contribution in [1.82, 2.24) is 0 Å². The summed E-state index contributed by atoms with van der Waals surface area (Å²) >= 11 is 0. The highest BCUT2D eigenvalue weighted by Gasteiger charge is 2.63. The van der Waals surface area contributed by atoms with Crippen LogP contribution in [-0.2, 0) is 24.4 Å². The second kappa shape index (κ2) is 8.17. The van der Waals surface area contributed by atoms with Crippen LogP contribution in [0.2, 0.25) is 0 Å². The summed E-state index contributed by atoms with van der Waals surface area (Å²) in [6.45, 7) is 6.86. The normalized spacial score (nSPS) is 34.0. The van der Waals surface area contributed by atoms with Gasteiger partial charge in [0.15, 0.2) is 0 Å². The molecule has 0 heterocycles. The minimum Gasteiger partial charge on any atom is -0.451 e. The van der Waals surface area contributed by atoms with Crippen LogP contribution in [0.4, 0.5) is 13.2 Å². The first-order chi connectivity index (χ1) is 14.1. The van der Waals surface area contributed by atoms with Gasteiger partial charge in [-0.15, -0.1) is 0 Å². The first kappa shape index (κ1) is 24.8. The number of hydrogen-bond acceptors (Lipinski definition) is 5. The van der Waals surface area contributed by atoms with E-state index in [1.165, 1.54) is 0 Å². The van der Waals surface area contributed by atoms with Crippen LogP contribution in [0.25, 0.3) is 0 Å². The van der Waals surface area contributed by atoms with Crippen molar-refractivity contribution in [2.24, 2.45) is 22.7 Å². The molecular formula is C21H33F3O6S. The van der Waals surface area contributed by atoms with Crippen molar-refractivity contribution in [3.63, 3.8) is 0 Å². The smallest absolute Gasteiger partial charge is 0.426 e. The third kappa shape index (κ3) is 5.38. The van der Waals surface area contributed by atoms with Crippen LogP contribution in [0.1, 0.15) is 72.1 Å². The van der Waals surface area contributed by atoms with Crippen molar-refractivity contribution in [3.05, 3.63) is 0 Å². The molecule has 1 N–H and O–H groups in total. The maximum atomic E-state index is 13.3.